The maximum atomic E-state index is 10.1. The number of phenols is 1. The quantitative estimate of drug-likeness (QED) is 0.199. The average molecular weight is 658 g/mol. The minimum atomic E-state index is -0.588. The second-order valence-corrected chi connectivity index (χ2v) is 13.2. The lowest BCUT2D eigenvalue weighted by molar-refractivity contribution is 0.202. The van der Waals surface area contributed by atoms with Crippen molar-refractivity contribution in [2.75, 3.05) is 13.1 Å². The largest absolute Gasteiger partial charge is 0.508 e. The van der Waals surface area contributed by atoms with Gasteiger partial charge >= 0.3 is 0 Å². The van der Waals surface area contributed by atoms with Crippen molar-refractivity contribution in [1.29, 1.82) is 0 Å². The average Bonchev–Trinajstić information content (AvgIpc) is 3.85. The number of hydrogen-bond acceptors (Lipinski definition) is 8. The molecule has 0 spiro atoms. The normalized spacial score (nSPS) is 19.0. The number of likely N-dealkylation sites (tertiary alicyclic amines) is 1. The molecule has 6 aromatic rings. The summed E-state index contributed by atoms with van der Waals surface area (Å²) in [5.74, 6) is 3.74. The van der Waals surface area contributed by atoms with Crippen LogP contribution < -0.4 is 0 Å². The van der Waals surface area contributed by atoms with E-state index in [9.17, 15) is 5.11 Å². The van der Waals surface area contributed by atoms with E-state index in [0.717, 1.165) is 89.4 Å². The summed E-state index contributed by atoms with van der Waals surface area (Å²) in [6.07, 6.45) is 10.3. The third-order valence-electron chi connectivity index (χ3n) is 10.1. The van der Waals surface area contributed by atoms with Gasteiger partial charge in [-0.2, -0.15) is 0 Å². The zero-order chi connectivity index (χ0) is 33.5. The number of piperidine rings is 1. The topological polar surface area (TPSA) is 121 Å². The SMILES string of the molecule is Oc1cccc(-c2nnc3n2CC=C2N=CC(c4ccccc4)(c4ccc(CN5CCC(c6nnc(-c7ccccn7)[nH]6)CC5)cc4)C=C23)c1. The van der Waals surface area contributed by atoms with Crippen LogP contribution in [0, 0.1) is 0 Å². The van der Waals surface area contributed by atoms with E-state index >= 15 is 0 Å². The van der Waals surface area contributed by atoms with Crippen molar-refractivity contribution in [3.05, 3.63) is 149 Å². The van der Waals surface area contributed by atoms with Gasteiger partial charge in [-0.1, -0.05) is 78.9 Å². The molecule has 3 aromatic heterocycles. The van der Waals surface area contributed by atoms with Gasteiger partial charge in [-0.15, -0.1) is 20.4 Å². The van der Waals surface area contributed by atoms with E-state index < -0.39 is 5.41 Å². The highest BCUT2D eigenvalue weighted by Gasteiger charge is 2.37. The Morgan fingerprint density at radius 1 is 0.800 bits per heavy atom. The summed E-state index contributed by atoms with van der Waals surface area (Å²) in [6.45, 7) is 3.49. The number of aliphatic imine (C=N–C) groups is 1. The maximum absolute atomic E-state index is 10.1. The summed E-state index contributed by atoms with van der Waals surface area (Å²) < 4.78 is 2.09. The lowest BCUT2D eigenvalue weighted by Gasteiger charge is -2.34. The molecule has 2 N–H and O–H groups in total. The first-order valence-electron chi connectivity index (χ1n) is 17.1. The van der Waals surface area contributed by atoms with E-state index in [4.69, 9.17) is 4.99 Å². The van der Waals surface area contributed by atoms with Crippen LogP contribution in [0.15, 0.2) is 126 Å². The zero-order valence-electron chi connectivity index (χ0n) is 27.4. The van der Waals surface area contributed by atoms with Gasteiger partial charge in [0, 0.05) is 42.6 Å². The molecule has 10 nitrogen and oxygen atoms in total. The van der Waals surface area contributed by atoms with Gasteiger partial charge in [0.2, 0.25) is 0 Å². The minimum Gasteiger partial charge on any atom is -0.508 e. The number of aromatic nitrogens is 7. The van der Waals surface area contributed by atoms with Crippen LogP contribution in [0.25, 0.3) is 28.5 Å². The number of benzene rings is 3. The van der Waals surface area contributed by atoms with E-state index in [1.54, 1.807) is 18.3 Å². The molecule has 0 aliphatic carbocycles. The van der Waals surface area contributed by atoms with E-state index in [0.29, 0.717) is 12.5 Å². The molecule has 1 saturated heterocycles. The highest BCUT2D eigenvalue weighted by atomic mass is 16.3. The van der Waals surface area contributed by atoms with Gasteiger partial charge < -0.3 is 14.7 Å². The molecule has 0 saturated carbocycles. The highest BCUT2D eigenvalue weighted by Crippen LogP contribution is 2.42. The molecule has 3 aromatic carbocycles. The number of dihydropyridines is 1. The van der Waals surface area contributed by atoms with Crippen LogP contribution in [0.2, 0.25) is 0 Å². The summed E-state index contributed by atoms with van der Waals surface area (Å²) in [5, 5.41) is 28.1. The molecule has 0 radical (unpaired) electrons. The number of allylic oxidation sites excluding steroid dienone is 3. The smallest absolute Gasteiger partial charge is 0.179 e. The molecule has 1 fully saturated rings. The number of nitrogens with zero attached hydrogens (tertiary/aromatic N) is 8. The molecular formula is C40H35N9O. The third-order valence-corrected chi connectivity index (χ3v) is 10.1. The van der Waals surface area contributed by atoms with Crippen LogP contribution in [0.1, 0.15) is 47.1 Å². The summed E-state index contributed by atoms with van der Waals surface area (Å²) in [6, 6.07) is 32.5. The molecule has 0 amide bonds. The molecule has 6 heterocycles. The monoisotopic (exact) mass is 657 g/mol. The Balaban J connectivity index is 0.957. The van der Waals surface area contributed by atoms with Crippen molar-refractivity contribution < 1.29 is 5.11 Å². The lowest BCUT2D eigenvalue weighted by atomic mass is 9.72. The van der Waals surface area contributed by atoms with Crippen molar-refractivity contribution in [3.63, 3.8) is 0 Å². The summed E-state index contributed by atoms with van der Waals surface area (Å²) in [5.41, 5.74) is 6.45. The number of H-pyrrole nitrogens is 1. The number of hydrogen-bond donors (Lipinski definition) is 2. The fourth-order valence-electron chi connectivity index (χ4n) is 7.42. The number of nitrogens with one attached hydrogen (secondary N) is 1. The standard InChI is InChI=1S/C40H35N9O/c50-32-10-6-7-29(23-32)38-46-47-39-33-24-40(30-8-2-1-3-9-30,26-42-34(33)18-22-49(38)39)31-14-12-27(13-15-31)25-48-20-16-28(17-21-48)36-43-37(45-44-36)35-11-4-5-19-41-35/h1-15,18-19,23-24,26,28,50H,16-17,20-22,25H2,(H,43,44,45). The molecular weight excluding hydrogens is 623 g/mol. The lowest BCUT2D eigenvalue weighted by Crippen LogP contribution is -2.33. The van der Waals surface area contributed by atoms with Gasteiger partial charge in [-0.05, 0) is 73.0 Å². The van der Waals surface area contributed by atoms with Crippen LogP contribution >= 0.6 is 0 Å². The minimum absolute atomic E-state index is 0.200. The fourth-order valence-corrected chi connectivity index (χ4v) is 7.42. The molecule has 1 unspecified atom stereocenters. The molecule has 10 heteroatoms. The maximum Gasteiger partial charge on any atom is 0.179 e. The van der Waals surface area contributed by atoms with Crippen molar-refractivity contribution in [1.82, 2.24) is 39.8 Å². The Hall–Kier alpha value is -6.00. The first-order valence-corrected chi connectivity index (χ1v) is 17.1. The van der Waals surface area contributed by atoms with Crippen molar-refractivity contribution in [3.8, 4) is 28.7 Å². The van der Waals surface area contributed by atoms with E-state index in [2.05, 4.69) is 107 Å². The van der Waals surface area contributed by atoms with Crippen LogP contribution in [0.3, 0.4) is 0 Å². The molecule has 1 atom stereocenters. The molecule has 246 valence electrons. The Morgan fingerprint density at radius 3 is 2.40 bits per heavy atom. The van der Waals surface area contributed by atoms with Crippen molar-refractivity contribution >= 4 is 11.8 Å². The van der Waals surface area contributed by atoms with Crippen molar-refractivity contribution in [2.24, 2.45) is 4.99 Å². The number of rotatable bonds is 7. The molecule has 50 heavy (non-hydrogen) atoms. The number of aromatic hydroxyl groups is 1. The predicted octanol–water partition coefficient (Wildman–Crippen LogP) is 6.56. The van der Waals surface area contributed by atoms with Crippen LogP contribution in [-0.2, 0) is 18.5 Å². The van der Waals surface area contributed by atoms with Crippen LogP contribution in [0.4, 0.5) is 0 Å². The fraction of sp³-hybridized carbons (Fsp3) is 0.200. The first kappa shape index (κ1) is 30.1. The van der Waals surface area contributed by atoms with E-state index in [1.807, 2.05) is 36.4 Å². The summed E-state index contributed by atoms with van der Waals surface area (Å²) in [7, 11) is 0. The Kier molecular flexibility index (Phi) is 7.50. The number of phenolic OH excluding ortho intramolecular Hbond substituents is 1. The second kappa shape index (κ2) is 12.5. The Labute approximate surface area is 289 Å². The summed E-state index contributed by atoms with van der Waals surface area (Å²) >= 11 is 0. The van der Waals surface area contributed by atoms with E-state index in [1.165, 1.54) is 5.56 Å². The second-order valence-electron chi connectivity index (χ2n) is 13.2. The van der Waals surface area contributed by atoms with Gasteiger partial charge in [0.1, 0.15) is 17.3 Å². The molecule has 3 aliphatic heterocycles. The van der Waals surface area contributed by atoms with E-state index in [-0.39, 0.29) is 5.75 Å². The summed E-state index contributed by atoms with van der Waals surface area (Å²) in [4.78, 5) is 15.4. The highest BCUT2D eigenvalue weighted by molar-refractivity contribution is 5.94. The van der Waals surface area contributed by atoms with Crippen LogP contribution in [-0.4, -0.2) is 64.2 Å². The number of pyridine rings is 1. The van der Waals surface area contributed by atoms with Gasteiger partial charge in [0.25, 0.3) is 0 Å². The van der Waals surface area contributed by atoms with Gasteiger partial charge in [0.15, 0.2) is 17.5 Å². The number of aromatic amines is 1. The third kappa shape index (κ3) is 5.43. The molecule has 3 aliphatic rings. The van der Waals surface area contributed by atoms with Gasteiger partial charge in [0.05, 0.1) is 11.1 Å². The van der Waals surface area contributed by atoms with Crippen LogP contribution in [0.5, 0.6) is 5.75 Å². The first-order chi connectivity index (χ1) is 24.6. The Bertz CT molecular complexity index is 2250. The van der Waals surface area contributed by atoms with Crippen molar-refractivity contribution in [2.45, 2.75) is 37.3 Å². The zero-order valence-corrected chi connectivity index (χ0v) is 27.4. The molecule has 9 rings (SSSR count). The Morgan fingerprint density at radius 2 is 1.60 bits per heavy atom. The predicted molar refractivity (Wildman–Crippen MR) is 192 cm³/mol. The number of fused-ring (bicyclic) bond motifs is 3. The van der Waals surface area contributed by atoms with Gasteiger partial charge in [-0.3, -0.25) is 14.9 Å². The molecule has 0 bridgehead atoms. The van der Waals surface area contributed by atoms with Gasteiger partial charge in [-0.25, -0.2) is 0 Å².